The SMILES string of the molecule is CCN=C(C=C(C)N)C(=O)Nc1nc2cccc(OC)c2n1C/C=C/Cn1c(NC(=O)c2cc(C)nn2CC)nc2cc(C(N)=O)cc(OCCCN3CCN(CCOCCOCCOCCOCCOCCOCCOCCOCCOCCOCCNC(=O)CN4C(=O)C=CC4=O)CC3)c21. The number of hydrogen-bond donors (Lipinski definition) is 5. The summed E-state index contributed by atoms with van der Waals surface area (Å²) in [7, 11) is 1.57. The van der Waals surface area contributed by atoms with E-state index in [0.717, 1.165) is 56.3 Å². The predicted molar refractivity (Wildman–Crippen MR) is 379 cm³/mol. The number of para-hydroxylation sites is 1. The number of benzene rings is 2. The van der Waals surface area contributed by atoms with Crippen LogP contribution in [0.15, 0.2) is 77.5 Å². The van der Waals surface area contributed by atoms with Crippen LogP contribution in [0.1, 0.15) is 53.7 Å². The van der Waals surface area contributed by atoms with E-state index < -0.39 is 35.4 Å². The fourth-order valence-corrected chi connectivity index (χ4v) is 10.6. The molecule has 2 aliphatic rings. The van der Waals surface area contributed by atoms with Gasteiger partial charge in [-0.2, -0.15) is 5.10 Å². The van der Waals surface area contributed by atoms with Gasteiger partial charge in [0.25, 0.3) is 23.6 Å². The third-order valence-electron chi connectivity index (χ3n) is 15.6. The monoisotopic (exact) mass is 1430 g/mol. The smallest absolute Gasteiger partial charge is 0.276 e. The summed E-state index contributed by atoms with van der Waals surface area (Å²) in [5, 5.41) is 13.0. The molecule has 1 saturated heterocycles. The van der Waals surface area contributed by atoms with Crippen LogP contribution in [0.25, 0.3) is 22.1 Å². The molecule has 2 aliphatic heterocycles. The van der Waals surface area contributed by atoms with Crippen molar-refractivity contribution in [1.82, 2.24) is 48.9 Å². The van der Waals surface area contributed by atoms with Crippen molar-refractivity contribution in [3.05, 3.63) is 89.4 Å². The van der Waals surface area contributed by atoms with Crippen LogP contribution in [0.2, 0.25) is 0 Å². The van der Waals surface area contributed by atoms with Crippen LogP contribution in [0, 0.1) is 6.92 Å². The lowest BCUT2D eigenvalue weighted by Crippen LogP contribution is -2.47. The Morgan fingerprint density at radius 3 is 1.62 bits per heavy atom. The van der Waals surface area contributed by atoms with Crippen molar-refractivity contribution in [3.63, 3.8) is 0 Å². The highest BCUT2D eigenvalue weighted by molar-refractivity contribution is 6.47. The number of aromatic nitrogens is 6. The van der Waals surface area contributed by atoms with Gasteiger partial charge in [0.2, 0.25) is 23.7 Å². The van der Waals surface area contributed by atoms with Gasteiger partial charge in [0.05, 0.1) is 163 Å². The van der Waals surface area contributed by atoms with Crippen molar-refractivity contribution in [2.75, 3.05) is 215 Å². The molecule has 7 N–H and O–H groups in total. The number of aryl methyl sites for hydroxylation is 2. The predicted octanol–water partition coefficient (Wildman–Crippen LogP) is 2.38. The van der Waals surface area contributed by atoms with Crippen molar-refractivity contribution in [2.45, 2.75) is 53.8 Å². The number of imide groups is 1. The van der Waals surface area contributed by atoms with Crippen molar-refractivity contribution >= 4 is 75.1 Å². The summed E-state index contributed by atoms with van der Waals surface area (Å²) in [6.45, 7) is 22.6. The Kier molecular flexibility index (Phi) is 35.9. The van der Waals surface area contributed by atoms with Crippen molar-refractivity contribution in [2.24, 2.45) is 16.5 Å². The maximum atomic E-state index is 14.0. The number of carbonyl (C=O) groups excluding carboxylic acids is 6. The molecule has 0 saturated carbocycles. The van der Waals surface area contributed by atoms with Gasteiger partial charge in [-0.25, -0.2) is 9.97 Å². The van der Waals surface area contributed by atoms with E-state index >= 15 is 0 Å². The molecule has 0 bridgehead atoms. The van der Waals surface area contributed by atoms with E-state index in [1.54, 1.807) is 36.9 Å². The number of anilines is 2. The lowest BCUT2D eigenvalue weighted by atomic mass is 10.1. The van der Waals surface area contributed by atoms with Crippen LogP contribution >= 0.6 is 0 Å². The number of imidazole rings is 2. The van der Waals surface area contributed by atoms with Crippen LogP contribution < -0.4 is 36.9 Å². The van der Waals surface area contributed by atoms with E-state index in [0.29, 0.717) is 202 Å². The van der Waals surface area contributed by atoms with Crippen molar-refractivity contribution in [1.29, 1.82) is 0 Å². The largest absolute Gasteiger partial charge is 0.494 e. The van der Waals surface area contributed by atoms with E-state index in [1.807, 2.05) is 60.3 Å². The Morgan fingerprint density at radius 2 is 1.11 bits per heavy atom. The van der Waals surface area contributed by atoms with Crippen LogP contribution in [0.5, 0.6) is 11.5 Å². The van der Waals surface area contributed by atoms with Crippen molar-refractivity contribution < 1.29 is 85.6 Å². The fourth-order valence-electron chi connectivity index (χ4n) is 10.6. The summed E-state index contributed by atoms with van der Waals surface area (Å²) >= 11 is 0. The molecular weight excluding hydrogens is 1330 g/mol. The molecule has 0 unspecified atom stereocenters. The second-order valence-corrected chi connectivity index (χ2v) is 23.2. The molecule has 5 aromatic rings. The highest BCUT2D eigenvalue weighted by Gasteiger charge is 2.27. The van der Waals surface area contributed by atoms with E-state index in [-0.39, 0.29) is 56.0 Å². The molecule has 0 atom stereocenters. The van der Waals surface area contributed by atoms with E-state index in [9.17, 15) is 28.8 Å². The third kappa shape index (κ3) is 27.3. The molecule has 33 heteroatoms. The highest BCUT2D eigenvalue weighted by Crippen LogP contribution is 2.33. The molecule has 7 rings (SSSR count). The van der Waals surface area contributed by atoms with Gasteiger partial charge in [0.1, 0.15) is 40.5 Å². The zero-order valence-electron chi connectivity index (χ0n) is 59.4. The average Bonchev–Trinajstić information content (AvgIpc) is 1.62. The summed E-state index contributed by atoms with van der Waals surface area (Å²) in [5.74, 6) is -1.61. The maximum absolute atomic E-state index is 14.0. The molecule has 6 amide bonds. The standard InChI is InChI=1S/C69H101N15O18/c1-6-72-56(46-51(3)70)66(89)76-68-74-54-12-10-13-58(91-5)63(54)81(68)18-8-9-19-82-64-55(75-69(82)77-67(90)57-47-52(4)78-84(57)7-2)48-53(65(71)88)49-59(64)102-25-11-17-79-20-22-80(23-21-79)24-27-93-29-31-95-33-35-97-37-39-99-41-43-101-45-44-100-42-40-98-38-36-96-34-32-94-30-28-92-26-16-73-60(85)50-83-61(86)14-15-62(83)87/h8-10,12-15,46-49H,6-7,11,16-45,50,70H2,1-5H3,(H2,71,88)(H,73,85)(H,74,76,89)(H,75,77,90)/b9-8+,51-46?,72-56?. The van der Waals surface area contributed by atoms with E-state index in [1.165, 1.54) is 6.08 Å². The van der Waals surface area contributed by atoms with Crippen LogP contribution in [0.3, 0.4) is 0 Å². The Balaban J connectivity index is 0.713. The fraction of sp³-hybridized carbons (Fsp3) is 0.565. The van der Waals surface area contributed by atoms with E-state index in [2.05, 4.69) is 35.8 Å². The molecule has 5 heterocycles. The number of nitrogens with two attached hydrogens (primary N) is 2. The minimum Gasteiger partial charge on any atom is -0.494 e. The average molecular weight is 1430 g/mol. The molecule has 0 aliphatic carbocycles. The van der Waals surface area contributed by atoms with Gasteiger partial charge in [-0.1, -0.05) is 18.2 Å². The minimum atomic E-state index is -0.660. The molecule has 33 nitrogen and oxygen atoms in total. The summed E-state index contributed by atoms with van der Waals surface area (Å²) in [6, 6.07) is 10.4. The molecule has 0 spiro atoms. The number of amides is 6. The minimum absolute atomic E-state index is 0.157. The number of aliphatic imine (C=N–C) groups is 1. The van der Waals surface area contributed by atoms with Gasteiger partial charge < -0.3 is 87.7 Å². The van der Waals surface area contributed by atoms with Gasteiger partial charge in [-0.05, 0) is 70.5 Å². The number of fused-ring (bicyclic) bond motifs is 2. The van der Waals surface area contributed by atoms with Crippen LogP contribution in [-0.4, -0.2) is 289 Å². The molecule has 102 heavy (non-hydrogen) atoms. The maximum Gasteiger partial charge on any atom is 0.276 e. The molecule has 560 valence electrons. The molecule has 0 radical (unpaired) electrons. The highest BCUT2D eigenvalue weighted by atomic mass is 16.6. The quantitative estimate of drug-likeness (QED) is 0.0161. The zero-order valence-corrected chi connectivity index (χ0v) is 59.4. The number of carbonyl (C=O) groups is 6. The normalized spacial score (nSPS) is 14.0. The Bertz CT molecular complexity index is 3560. The third-order valence-corrected chi connectivity index (χ3v) is 15.6. The summed E-state index contributed by atoms with van der Waals surface area (Å²) in [4.78, 5) is 94.9. The van der Waals surface area contributed by atoms with Crippen molar-refractivity contribution in [3.8, 4) is 11.5 Å². The molecular formula is C69H101N15O18. The Labute approximate surface area is 594 Å². The van der Waals surface area contributed by atoms with Crippen LogP contribution in [0.4, 0.5) is 11.9 Å². The Hall–Kier alpha value is -8.58. The summed E-state index contributed by atoms with van der Waals surface area (Å²) < 4.78 is 73.3. The Morgan fingerprint density at radius 1 is 0.608 bits per heavy atom. The number of nitrogens with zero attached hydrogens (tertiary/aromatic N) is 10. The summed E-state index contributed by atoms with van der Waals surface area (Å²) in [5.41, 5.74) is 15.8. The molecule has 3 aromatic heterocycles. The number of piperazine rings is 1. The van der Waals surface area contributed by atoms with Gasteiger partial charge >= 0.3 is 0 Å². The lowest BCUT2D eigenvalue weighted by Gasteiger charge is -2.34. The number of nitrogens with one attached hydrogen (secondary N) is 3. The lowest BCUT2D eigenvalue weighted by molar-refractivity contribution is -0.141. The zero-order chi connectivity index (χ0) is 72.7. The van der Waals surface area contributed by atoms with Gasteiger partial charge in [0, 0.05) is 95.4 Å². The number of rotatable bonds is 53. The van der Waals surface area contributed by atoms with Crippen LogP contribution in [-0.2, 0) is 86.2 Å². The molecule has 2 aromatic carbocycles. The van der Waals surface area contributed by atoms with E-state index in [4.69, 9.17) is 78.3 Å². The van der Waals surface area contributed by atoms with Gasteiger partial charge in [0.15, 0.2) is 0 Å². The number of ether oxygens (including phenoxy) is 12. The topological polar surface area (TPSA) is 377 Å². The van der Waals surface area contributed by atoms with Gasteiger partial charge in [-0.15, -0.1) is 0 Å². The number of allylic oxidation sites excluding steroid dienone is 3. The second kappa shape index (κ2) is 45.4. The summed E-state index contributed by atoms with van der Waals surface area (Å²) in [6.07, 6.45) is 8.28. The second-order valence-electron chi connectivity index (χ2n) is 23.2. The number of hydrogen-bond acceptors (Lipinski definition) is 25. The first-order chi connectivity index (χ1) is 49.7. The first-order valence-corrected chi connectivity index (χ1v) is 34.5. The number of primary amides is 1. The first-order valence-electron chi connectivity index (χ1n) is 34.5. The molecule has 1 fully saturated rings. The first kappa shape index (κ1) is 80.7. The van der Waals surface area contributed by atoms with Gasteiger partial charge in [-0.3, -0.25) is 58.9 Å². The number of methoxy groups -OCH3 is 1.